The van der Waals surface area contributed by atoms with Gasteiger partial charge in [-0.25, -0.2) is 4.79 Å². The molecule has 1 rings (SSSR count). The minimum Gasteiger partial charge on any atom is -0.480 e. The smallest absolute Gasteiger partial charge is 0.326 e. The molecule has 0 bridgehead atoms. The zero-order valence-corrected chi connectivity index (χ0v) is 9.17. The van der Waals surface area contributed by atoms with Crippen LogP contribution in [0, 0.1) is 0 Å². The van der Waals surface area contributed by atoms with Gasteiger partial charge in [-0.05, 0) is 12.5 Å². The minimum atomic E-state index is -0.974. The van der Waals surface area contributed by atoms with Gasteiger partial charge in [0, 0.05) is 13.0 Å². The van der Waals surface area contributed by atoms with Crippen molar-refractivity contribution in [3.05, 3.63) is 35.9 Å². The Labute approximate surface area is 94.5 Å². The number of nitrogens with zero attached hydrogens (tertiary/aromatic N) is 1. The summed E-state index contributed by atoms with van der Waals surface area (Å²) in [6.45, 7) is 2.16. The van der Waals surface area contributed by atoms with Crippen molar-refractivity contribution in [2.75, 3.05) is 6.54 Å². The molecule has 0 heterocycles. The summed E-state index contributed by atoms with van der Waals surface area (Å²) in [5.74, 6) is -0.974. The van der Waals surface area contributed by atoms with Crippen molar-refractivity contribution in [3.63, 3.8) is 0 Å². The summed E-state index contributed by atoms with van der Waals surface area (Å²) in [7, 11) is 0. The fourth-order valence-electron chi connectivity index (χ4n) is 1.55. The molecule has 4 nitrogen and oxygen atoms in total. The van der Waals surface area contributed by atoms with Crippen LogP contribution in [-0.2, 0) is 16.0 Å². The number of aliphatic carboxylic acids is 1. The third-order valence-electron chi connectivity index (χ3n) is 2.46. The normalized spacial score (nSPS) is 11.8. The van der Waals surface area contributed by atoms with Gasteiger partial charge in [0.05, 0.1) is 0 Å². The molecule has 0 aliphatic heterocycles. The van der Waals surface area contributed by atoms with Crippen molar-refractivity contribution >= 4 is 12.4 Å². The Bertz CT molecular complexity index is 351. The number of likely N-dealkylation sites (N-methyl/N-ethyl adjacent to an activating group) is 1. The van der Waals surface area contributed by atoms with Gasteiger partial charge in [-0.1, -0.05) is 30.3 Å². The second kappa shape index (κ2) is 5.90. The maximum Gasteiger partial charge on any atom is 0.326 e. The minimum absolute atomic E-state index is 0.336. The molecule has 1 unspecified atom stereocenters. The SMILES string of the molecule is CCN(C=O)C(Cc1ccccc1)C(=O)O. The van der Waals surface area contributed by atoms with Crippen molar-refractivity contribution < 1.29 is 14.7 Å². The van der Waals surface area contributed by atoms with Gasteiger partial charge in [-0.15, -0.1) is 0 Å². The lowest BCUT2D eigenvalue weighted by Gasteiger charge is -2.23. The van der Waals surface area contributed by atoms with Crippen LogP contribution in [0.4, 0.5) is 0 Å². The number of rotatable bonds is 6. The van der Waals surface area contributed by atoms with Crippen molar-refractivity contribution in [1.29, 1.82) is 0 Å². The van der Waals surface area contributed by atoms with Crippen LogP contribution in [-0.4, -0.2) is 35.0 Å². The Morgan fingerprint density at radius 1 is 1.44 bits per heavy atom. The fraction of sp³-hybridized carbons (Fsp3) is 0.333. The molecule has 0 spiro atoms. The Kier molecular flexibility index (Phi) is 4.51. The van der Waals surface area contributed by atoms with E-state index in [1.807, 2.05) is 30.3 Å². The Hall–Kier alpha value is -1.84. The Balaban J connectivity index is 2.80. The monoisotopic (exact) mass is 221 g/mol. The number of carboxylic acids is 1. The lowest BCUT2D eigenvalue weighted by molar-refractivity contribution is -0.146. The number of amides is 1. The number of carboxylic acid groups (broad SMARTS) is 1. The number of hydrogen-bond acceptors (Lipinski definition) is 2. The summed E-state index contributed by atoms with van der Waals surface area (Å²) in [5, 5.41) is 9.07. The molecule has 1 atom stereocenters. The van der Waals surface area contributed by atoms with Crippen LogP contribution in [0.25, 0.3) is 0 Å². The van der Waals surface area contributed by atoms with E-state index in [4.69, 9.17) is 5.11 Å². The summed E-state index contributed by atoms with van der Waals surface area (Å²) >= 11 is 0. The highest BCUT2D eigenvalue weighted by Crippen LogP contribution is 2.08. The lowest BCUT2D eigenvalue weighted by atomic mass is 10.1. The maximum absolute atomic E-state index is 11.1. The van der Waals surface area contributed by atoms with Crippen molar-refractivity contribution in [2.24, 2.45) is 0 Å². The first-order valence-electron chi connectivity index (χ1n) is 5.16. The van der Waals surface area contributed by atoms with Gasteiger partial charge in [0.1, 0.15) is 6.04 Å². The van der Waals surface area contributed by atoms with E-state index in [0.717, 1.165) is 5.56 Å². The molecule has 0 aromatic heterocycles. The molecule has 0 radical (unpaired) electrons. The van der Waals surface area contributed by atoms with Crippen LogP contribution < -0.4 is 0 Å². The molecular formula is C12H15NO3. The molecule has 1 aromatic rings. The van der Waals surface area contributed by atoms with Crippen LogP contribution in [0.1, 0.15) is 12.5 Å². The maximum atomic E-state index is 11.1. The highest BCUT2D eigenvalue weighted by Gasteiger charge is 2.23. The molecule has 0 saturated heterocycles. The third kappa shape index (κ3) is 3.08. The molecular weight excluding hydrogens is 206 g/mol. The quantitative estimate of drug-likeness (QED) is 0.733. The van der Waals surface area contributed by atoms with Gasteiger partial charge in [0.15, 0.2) is 0 Å². The summed E-state index contributed by atoms with van der Waals surface area (Å²) in [6.07, 6.45) is 0.921. The topological polar surface area (TPSA) is 57.6 Å². The average molecular weight is 221 g/mol. The van der Waals surface area contributed by atoms with Gasteiger partial charge in [0.25, 0.3) is 0 Å². The fourth-order valence-corrected chi connectivity index (χ4v) is 1.55. The molecule has 4 heteroatoms. The summed E-state index contributed by atoms with van der Waals surface area (Å²) in [6, 6.07) is 8.50. The average Bonchev–Trinajstić information content (AvgIpc) is 2.30. The van der Waals surface area contributed by atoms with Gasteiger partial charge in [-0.2, -0.15) is 0 Å². The predicted molar refractivity (Wildman–Crippen MR) is 60.0 cm³/mol. The van der Waals surface area contributed by atoms with Gasteiger partial charge >= 0.3 is 5.97 Å². The number of carbonyl (C=O) groups is 2. The van der Waals surface area contributed by atoms with E-state index in [0.29, 0.717) is 19.4 Å². The zero-order chi connectivity index (χ0) is 12.0. The van der Waals surface area contributed by atoms with Crippen LogP contribution >= 0.6 is 0 Å². The van der Waals surface area contributed by atoms with Crippen molar-refractivity contribution in [3.8, 4) is 0 Å². The molecule has 86 valence electrons. The van der Waals surface area contributed by atoms with Crippen LogP contribution in [0.2, 0.25) is 0 Å². The largest absolute Gasteiger partial charge is 0.480 e. The van der Waals surface area contributed by atoms with E-state index in [1.165, 1.54) is 4.90 Å². The zero-order valence-electron chi connectivity index (χ0n) is 9.17. The summed E-state index contributed by atoms with van der Waals surface area (Å²) < 4.78 is 0. The van der Waals surface area contributed by atoms with E-state index in [2.05, 4.69) is 0 Å². The first kappa shape index (κ1) is 12.2. The predicted octanol–water partition coefficient (Wildman–Crippen LogP) is 1.16. The number of hydrogen-bond donors (Lipinski definition) is 1. The first-order chi connectivity index (χ1) is 7.69. The standard InChI is InChI=1S/C12H15NO3/c1-2-13(9-14)11(12(15)16)8-10-6-4-3-5-7-10/h3-7,9,11H,2,8H2,1H3,(H,15,16). The number of benzene rings is 1. The van der Waals surface area contributed by atoms with Crippen LogP contribution in [0.3, 0.4) is 0 Å². The highest BCUT2D eigenvalue weighted by atomic mass is 16.4. The molecule has 16 heavy (non-hydrogen) atoms. The van der Waals surface area contributed by atoms with Gasteiger partial charge < -0.3 is 10.0 Å². The first-order valence-corrected chi connectivity index (χ1v) is 5.16. The second-order valence-electron chi connectivity index (χ2n) is 3.48. The Morgan fingerprint density at radius 2 is 2.06 bits per heavy atom. The van der Waals surface area contributed by atoms with E-state index in [-0.39, 0.29) is 0 Å². The van der Waals surface area contributed by atoms with Crippen molar-refractivity contribution in [1.82, 2.24) is 4.90 Å². The summed E-state index contributed by atoms with van der Waals surface area (Å²) in [5.41, 5.74) is 0.912. The van der Waals surface area contributed by atoms with E-state index in [9.17, 15) is 9.59 Å². The molecule has 0 aliphatic rings. The van der Waals surface area contributed by atoms with Crippen LogP contribution in [0.5, 0.6) is 0 Å². The molecule has 0 saturated carbocycles. The molecule has 1 N–H and O–H groups in total. The van der Waals surface area contributed by atoms with E-state index >= 15 is 0 Å². The third-order valence-corrected chi connectivity index (χ3v) is 2.46. The van der Waals surface area contributed by atoms with Gasteiger partial charge in [0.2, 0.25) is 6.41 Å². The second-order valence-corrected chi connectivity index (χ2v) is 3.48. The van der Waals surface area contributed by atoms with E-state index < -0.39 is 12.0 Å². The van der Waals surface area contributed by atoms with Crippen LogP contribution in [0.15, 0.2) is 30.3 Å². The lowest BCUT2D eigenvalue weighted by Crippen LogP contribution is -2.41. The number of carbonyl (C=O) groups excluding carboxylic acids is 1. The van der Waals surface area contributed by atoms with Gasteiger partial charge in [-0.3, -0.25) is 4.79 Å². The summed E-state index contributed by atoms with van der Waals surface area (Å²) in [4.78, 5) is 23.1. The highest BCUT2D eigenvalue weighted by molar-refractivity contribution is 5.76. The molecule has 0 fully saturated rings. The molecule has 0 aliphatic carbocycles. The van der Waals surface area contributed by atoms with Crippen molar-refractivity contribution in [2.45, 2.75) is 19.4 Å². The van der Waals surface area contributed by atoms with E-state index in [1.54, 1.807) is 6.92 Å². The Morgan fingerprint density at radius 3 is 2.50 bits per heavy atom. The molecule has 1 aromatic carbocycles. The molecule has 1 amide bonds.